The number of aliphatic hydroxyl groups excluding tert-OH is 1. The first-order valence-corrected chi connectivity index (χ1v) is 6.95. The quantitative estimate of drug-likeness (QED) is 0.895. The van der Waals surface area contributed by atoms with Crippen LogP contribution in [0.4, 0.5) is 4.39 Å². The minimum Gasteiger partial charge on any atom is -0.392 e. The zero-order chi connectivity index (χ0) is 14.7. The highest BCUT2D eigenvalue weighted by Crippen LogP contribution is 2.16. The number of benzene rings is 2. The molecule has 0 aromatic heterocycles. The lowest BCUT2D eigenvalue weighted by atomic mass is 9.96. The first-order valence-electron chi connectivity index (χ1n) is 6.95. The molecular weight excluding hydrogens is 251 g/mol. The second-order valence-corrected chi connectivity index (χ2v) is 5.55. The highest BCUT2D eigenvalue weighted by atomic mass is 19.1. The zero-order valence-electron chi connectivity index (χ0n) is 12.3. The molecule has 0 aliphatic rings. The first-order chi connectivity index (χ1) is 9.45. The van der Waals surface area contributed by atoms with Crippen LogP contribution in [0, 0.1) is 26.6 Å². The molecule has 0 fully saturated rings. The van der Waals surface area contributed by atoms with Gasteiger partial charge in [0.15, 0.2) is 0 Å². The molecule has 0 heterocycles. The van der Waals surface area contributed by atoms with E-state index in [0.717, 1.165) is 16.7 Å². The van der Waals surface area contributed by atoms with E-state index in [1.54, 1.807) is 6.07 Å². The van der Waals surface area contributed by atoms with Crippen LogP contribution in [0.2, 0.25) is 0 Å². The molecule has 2 aromatic rings. The Balaban J connectivity index is 2.04. The van der Waals surface area contributed by atoms with Gasteiger partial charge in [0, 0.05) is 0 Å². The minimum atomic E-state index is -0.443. The lowest BCUT2D eigenvalue weighted by molar-refractivity contribution is 0.175. The summed E-state index contributed by atoms with van der Waals surface area (Å²) >= 11 is 0. The van der Waals surface area contributed by atoms with Gasteiger partial charge in [-0.05, 0) is 73.6 Å². The van der Waals surface area contributed by atoms with Crippen LogP contribution in [0.25, 0.3) is 0 Å². The summed E-state index contributed by atoms with van der Waals surface area (Å²) in [5.74, 6) is -0.227. The molecule has 0 spiro atoms. The SMILES string of the molecule is Cc1ccc(CC(O)Cc2ccc(F)cc2C)cc1C. The van der Waals surface area contributed by atoms with Gasteiger partial charge >= 0.3 is 0 Å². The third kappa shape index (κ3) is 3.67. The van der Waals surface area contributed by atoms with E-state index in [9.17, 15) is 9.50 Å². The molecule has 1 unspecified atom stereocenters. The summed E-state index contributed by atoms with van der Waals surface area (Å²) in [4.78, 5) is 0. The molecule has 0 saturated heterocycles. The van der Waals surface area contributed by atoms with Crippen LogP contribution in [0.1, 0.15) is 27.8 Å². The van der Waals surface area contributed by atoms with Crippen molar-refractivity contribution in [3.05, 3.63) is 70.0 Å². The maximum Gasteiger partial charge on any atom is 0.123 e. The van der Waals surface area contributed by atoms with Crippen molar-refractivity contribution in [1.29, 1.82) is 0 Å². The predicted octanol–water partition coefficient (Wildman–Crippen LogP) is 3.90. The fourth-order valence-corrected chi connectivity index (χ4v) is 2.42. The summed E-state index contributed by atoms with van der Waals surface area (Å²) in [7, 11) is 0. The second-order valence-electron chi connectivity index (χ2n) is 5.55. The maximum absolute atomic E-state index is 13.1. The van der Waals surface area contributed by atoms with Crippen molar-refractivity contribution in [1.82, 2.24) is 0 Å². The van der Waals surface area contributed by atoms with Gasteiger partial charge in [-0.2, -0.15) is 0 Å². The Hall–Kier alpha value is -1.67. The van der Waals surface area contributed by atoms with Gasteiger partial charge in [0.25, 0.3) is 0 Å². The van der Waals surface area contributed by atoms with Gasteiger partial charge in [0.2, 0.25) is 0 Å². The molecule has 2 aromatic carbocycles. The number of hydrogen-bond donors (Lipinski definition) is 1. The monoisotopic (exact) mass is 272 g/mol. The summed E-state index contributed by atoms with van der Waals surface area (Å²) in [6.45, 7) is 6.04. The molecule has 106 valence electrons. The largest absolute Gasteiger partial charge is 0.392 e. The van der Waals surface area contributed by atoms with Gasteiger partial charge in [-0.1, -0.05) is 24.3 Å². The molecule has 1 atom stereocenters. The first kappa shape index (κ1) is 14.7. The molecule has 0 aliphatic carbocycles. The molecular formula is C18H21FO. The maximum atomic E-state index is 13.1. The summed E-state index contributed by atoms with van der Waals surface area (Å²) in [5.41, 5.74) is 5.54. The van der Waals surface area contributed by atoms with E-state index in [-0.39, 0.29) is 5.82 Å². The van der Waals surface area contributed by atoms with Crippen molar-refractivity contribution in [2.75, 3.05) is 0 Å². The molecule has 0 saturated carbocycles. The Morgan fingerprint density at radius 1 is 0.900 bits per heavy atom. The standard InChI is InChI=1S/C18H21FO/c1-12-4-5-15(8-13(12)2)10-18(20)11-16-6-7-17(19)9-14(16)3/h4-9,18,20H,10-11H2,1-3H3. The van der Waals surface area contributed by atoms with Crippen LogP contribution in [0.15, 0.2) is 36.4 Å². The van der Waals surface area contributed by atoms with Crippen molar-refractivity contribution < 1.29 is 9.50 Å². The Kier molecular flexibility index (Phi) is 4.56. The molecule has 1 N–H and O–H groups in total. The molecule has 0 amide bonds. The lowest BCUT2D eigenvalue weighted by Gasteiger charge is -2.13. The van der Waals surface area contributed by atoms with Crippen LogP contribution >= 0.6 is 0 Å². The summed E-state index contributed by atoms with van der Waals surface area (Å²) in [5, 5.41) is 10.2. The highest BCUT2D eigenvalue weighted by molar-refractivity contribution is 5.31. The van der Waals surface area contributed by atoms with Crippen LogP contribution in [0.3, 0.4) is 0 Å². The fourth-order valence-electron chi connectivity index (χ4n) is 2.42. The van der Waals surface area contributed by atoms with E-state index in [4.69, 9.17) is 0 Å². The third-order valence-electron chi connectivity index (χ3n) is 3.80. The summed E-state index contributed by atoms with van der Waals surface area (Å²) in [6.07, 6.45) is 0.734. The van der Waals surface area contributed by atoms with E-state index in [1.807, 2.05) is 6.92 Å². The van der Waals surface area contributed by atoms with Crippen LogP contribution in [-0.4, -0.2) is 11.2 Å². The van der Waals surface area contributed by atoms with Gasteiger partial charge < -0.3 is 5.11 Å². The average molecular weight is 272 g/mol. The van der Waals surface area contributed by atoms with Gasteiger partial charge in [-0.3, -0.25) is 0 Å². The van der Waals surface area contributed by atoms with Crippen molar-refractivity contribution >= 4 is 0 Å². The lowest BCUT2D eigenvalue weighted by Crippen LogP contribution is -2.15. The van der Waals surface area contributed by atoms with E-state index < -0.39 is 6.10 Å². The molecule has 2 heteroatoms. The molecule has 2 rings (SSSR count). The second kappa shape index (κ2) is 6.19. The number of halogens is 1. The van der Waals surface area contributed by atoms with Gasteiger partial charge in [-0.15, -0.1) is 0 Å². The molecule has 0 radical (unpaired) electrons. The number of aryl methyl sites for hydroxylation is 3. The zero-order valence-corrected chi connectivity index (χ0v) is 12.3. The molecule has 20 heavy (non-hydrogen) atoms. The summed E-state index contributed by atoms with van der Waals surface area (Å²) < 4.78 is 13.1. The Bertz CT molecular complexity index is 604. The van der Waals surface area contributed by atoms with E-state index in [2.05, 4.69) is 32.0 Å². The van der Waals surface area contributed by atoms with Crippen molar-refractivity contribution in [2.24, 2.45) is 0 Å². The summed E-state index contributed by atoms with van der Waals surface area (Å²) in [6, 6.07) is 11.0. The van der Waals surface area contributed by atoms with E-state index in [0.29, 0.717) is 12.8 Å². The Labute approximate surface area is 120 Å². The minimum absolute atomic E-state index is 0.227. The van der Waals surface area contributed by atoms with Gasteiger partial charge in [0.1, 0.15) is 5.82 Å². The molecule has 1 nitrogen and oxygen atoms in total. The van der Waals surface area contributed by atoms with Gasteiger partial charge in [-0.25, -0.2) is 4.39 Å². The molecule has 0 aliphatic heterocycles. The fraction of sp³-hybridized carbons (Fsp3) is 0.333. The highest BCUT2D eigenvalue weighted by Gasteiger charge is 2.10. The Morgan fingerprint density at radius 2 is 1.65 bits per heavy atom. The average Bonchev–Trinajstić information content (AvgIpc) is 2.37. The van der Waals surface area contributed by atoms with Crippen molar-refractivity contribution in [2.45, 2.75) is 39.7 Å². The topological polar surface area (TPSA) is 20.2 Å². The normalized spacial score (nSPS) is 12.4. The third-order valence-corrected chi connectivity index (χ3v) is 3.80. The number of hydrogen-bond acceptors (Lipinski definition) is 1. The predicted molar refractivity (Wildman–Crippen MR) is 80.5 cm³/mol. The van der Waals surface area contributed by atoms with Crippen molar-refractivity contribution in [3.8, 4) is 0 Å². The van der Waals surface area contributed by atoms with Crippen molar-refractivity contribution in [3.63, 3.8) is 0 Å². The Morgan fingerprint density at radius 3 is 2.30 bits per heavy atom. The van der Waals surface area contributed by atoms with E-state index in [1.165, 1.54) is 23.3 Å². The van der Waals surface area contributed by atoms with Crippen LogP contribution in [-0.2, 0) is 12.8 Å². The van der Waals surface area contributed by atoms with Crippen LogP contribution in [0.5, 0.6) is 0 Å². The number of rotatable bonds is 4. The van der Waals surface area contributed by atoms with E-state index >= 15 is 0 Å². The van der Waals surface area contributed by atoms with Crippen LogP contribution < -0.4 is 0 Å². The number of aliphatic hydroxyl groups is 1. The smallest absolute Gasteiger partial charge is 0.123 e. The molecule has 0 bridgehead atoms. The van der Waals surface area contributed by atoms with Gasteiger partial charge in [0.05, 0.1) is 6.10 Å².